The highest BCUT2D eigenvalue weighted by Gasteiger charge is 2.07. The van der Waals surface area contributed by atoms with Gasteiger partial charge in [0.1, 0.15) is 0 Å². The highest BCUT2D eigenvalue weighted by Crippen LogP contribution is 1.90. The van der Waals surface area contributed by atoms with E-state index in [1.54, 1.807) is 6.82 Å². The molecule has 0 unspecified atom stereocenters. The van der Waals surface area contributed by atoms with Crippen LogP contribution in [0.15, 0.2) is 0 Å². The summed E-state index contributed by atoms with van der Waals surface area (Å²) in [5.41, 5.74) is 0. The van der Waals surface area contributed by atoms with Gasteiger partial charge in [0, 0.05) is 12.8 Å². The van der Waals surface area contributed by atoms with Crippen LogP contribution in [-0.4, -0.2) is 37.3 Å². The number of amides is 2. The van der Waals surface area contributed by atoms with E-state index in [9.17, 15) is 14.4 Å². The Bertz CT molecular complexity index is 248. The molecule has 0 aromatic heterocycles. The number of ketones is 1. The molecule has 0 fully saturated rings. The van der Waals surface area contributed by atoms with Crippen molar-refractivity contribution >= 4 is 37.6 Å². The Morgan fingerprint density at radius 1 is 1.20 bits per heavy atom. The van der Waals surface area contributed by atoms with Crippen LogP contribution >= 0.6 is 12.6 Å². The molecule has 0 atom stereocenters. The third kappa shape index (κ3) is 8.05. The van der Waals surface area contributed by atoms with Crippen LogP contribution in [0.3, 0.4) is 0 Å². The molecule has 15 heavy (non-hydrogen) atoms. The van der Waals surface area contributed by atoms with Gasteiger partial charge in [0.15, 0.2) is 5.78 Å². The Labute approximate surface area is 95.0 Å². The standard InChI is InChI=1S/C8H14BN2O3S/c1-9-11-7(13)3-2-6(12)4-10-8(14)5-15/h15H,2-5H2,1H3,(H,10,14)(H,11,13). The Hall–Kier alpha value is -0.975. The van der Waals surface area contributed by atoms with Crippen molar-refractivity contribution in [2.75, 3.05) is 12.3 Å². The lowest BCUT2D eigenvalue weighted by atomic mass is 10.00. The van der Waals surface area contributed by atoms with Crippen molar-refractivity contribution in [2.24, 2.45) is 0 Å². The van der Waals surface area contributed by atoms with Crippen LogP contribution in [0.5, 0.6) is 0 Å². The third-order valence-electron chi connectivity index (χ3n) is 1.56. The second kappa shape index (κ2) is 8.34. The highest BCUT2D eigenvalue weighted by atomic mass is 32.1. The largest absolute Gasteiger partial charge is 0.404 e. The lowest BCUT2D eigenvalue weighted by Crippen LogP contribution is -2.31. The van der Waals surface area contributed by atoms with Gasteiger partial charge in [0.2, 0.25) is 19.2 Å². The molecule has 0 rings (SSSR count). The zero-order chi connectivity index (χ0) is 11.7. The van der Waals surface area contributed by atoms with Crippen LogP contribution in [0.25, 0.3) is 0 Å². The van der Waals surface area contributed by atoms with Gasteiger partial charge in [-0.3, -0.25) is 14.4 Å². The Kier molecular flexibility index (Phi) is 7.80. The first kappa shape index (κ1) is 14.0. The summed E-state index contributed by atoms with van der Waals surface area (Å²) in [6, 6.07) is 0. The molecule has 2 amide bonds. The number of hydrogen-bond donors (Lipinski definition) is 3. The first-order valence-corrected chi connectivity index (χ1v) is 5.19. The van der Waals surface area contributed by atoms with Crippen molar-refractivity contribution in [3.63, 3.8) is 0 Å². The van der Waals surface area contributed by atoms with Crippen LogP contribution in [0.4, 0.5) is 0 Å². The maximum Gasteiger partial charge on any atom is 0.242 e. The molecular formula is C8H14BN2O3S. The summed E-state index contributed by atoms with van der Waals surface area (Å²) < 4.78 is 0. The average molecular weight is 229 g/mol. The fraction of sp³-hybridized carbons (Fsp3) is 0.625. The molecule has 5 nitrogen and oxygen atoms in total. The van der Waals surface area contributed by atoms with E-state index in [0.717, 1.165) is 0 Å². The van der Waals surface area contributed by atoms with E-state index in [1.165, 1.54) is 7.41 Å². The number of rotatable bonds is 7. The monoisotopic (exact) mass is 229 g/mol. The quantitative estimate of drug-likeness (QED) is 0.394. The van der Waals surface area contributed by atoms with E-state index in [1.807, 2.05) is 0 Å². The maximum atomic E-state index is 11.1. The van der Waals surface area contributed by atoms with Crippen LogP contribution in [0.2, 0.25) is 6.82 Å². The van der Waals surface area contributed by atoms with Crippen LogP contribution in [-0.2, 0) is 14.4 Å². The Morgan fingerprint density at radius 3 is 2.40 bits per heavy atom. The van der Waals surface area contributed by atoms with Gasteiger partial charge < -0.3 is 10.5 Å². The topological polar surface area (TPSA) is 75.3 Å². The van der Waals surface area contributed by atoms with Crippen molar-refractivity contribution < 1.29 is 14.4 Å². The summed E-state index contributed by atoms with van der Waals surface area (Å²) in [6.07, 6.45) is 0.270. The number of nitrogens with one attached hydrogen (secondary N) is 2. The van der Waals surface area contributed by atoms with Gasteiger partial charge >= 0.3 is 0 Å². The van der Waals surface area contributed by atoms with Crippen LogP contribution in [0, 0.1) is 0 Å². The Balaban J connectivity index is 3.57. The van der Waals surface area contributed by atoms with E-state index in [4.69, 9.17) is 0 Å². The predicted octanol–water partition coefficient (Wildman–Crippen LogP) is -0.835. The van der Waals surface area contributed by atoms with Gasteiger partial charge in [0.05, 0.1) is 12.3 Å². The molecule has 0 spiro atoms. The number of Topliss-reactive ketones (excluding diaryl/α,β-unsaturated/α-hetero) is 1. The molecule has 2 N–H and O–H groups in total. The normalized spacial score (nSPS) is 9.20. The van der Waals surface area contributed by atoms with Crippen molar-refractivity contribution in [1.29, 1.82) is 0 Å². The van der Waals surface area contributed by atoms with E-state index in [0.29, 0.717) is 0 Å². The van der Waals surface area contributed by atoms with Crippen molar-refractivity contribution in [3.05, 3.63) is 0 Å². The molecule has 0 aromatic rings. The molecule has 0 aliphatic carbocycles. The number of hydrogen-bond acceptors (Lipinski definition) is 4. The average Bonchev–Trinajstić information content (AvgIpc) is 2.23. The summed E-state index contributed by atoms with van der Waals surface area (Å²) in [5, 5.41) is 4.84. The summed E-state index contributed by atoms with van der Waals surface area (Å²) >= 11 is 3.74. The fourth-order valence-corrected chi connectivity index (χ4v) is 0.939. The number of carbonyl (C=O) groups excluding carboxylic acids is 3. The first-order valence-electron chi connectivity index (χ1n) is 4.56. The molecule has 83 valence electrons. The molecule has 0 saturated heterocycles. The second-order valence-corrected chi connectivity index (χ2v) is 3.15. The minimum Gasteiger partial charge on any atom is -0.404 e. The highest BCUT2D eigenvalue weighted by molar-refractivity contribution is 7.81. The molecule has 1 radical (unpaired) electrons. The minimum atomic E-state index is -0.293. The summed E-state index contributed by atoms with van der Waals surface area (Å²) in [6.45, 7) is 1.65. The number of thiol groups is 1. The van der Waals surface area contributed by atoms with Crippen LogP contribution in [0.1, 0.15) is 12.8 Å². The van der Waals surface area contributed by atoms with E-state index in [2.05, 4.69) is 23.2 Å². The van der Waals surface area contributed by atoms with Crippen LogP contribution < -0.4 is 10.5 Å². The van der Waals surface area contributed by atoms with Crippen molar-refractivity contribution in [1.82, 2.24) is 10.5 Å². The molecular weight excluding hydrogens is 215 g/mol. The van der Waals surface area contributed by atoms with Gasteiger partial charge in [-0.1, -0.05) is 6.82 Å². The molecule has 7 heteroatoms. The first-order chi connectivity index (χ1) is 7.10. The predicted molar refractivity (Wildman–Crippen MR) is 60.9 cm³/mol. The van der Waals surface area contributed by atoms with E-state index >= 15 is 0 Å². The number of carbonyl (C=O) groups is 3. The lowest BCUT2D eigenvalue weighted by Gasteiger charge is -2.03. The van der Waals surface area contributed by atoms with Gasteiger partial charge in [-0.25, -0.2) is 0 Å². The zero-order valence-electron chi connectivity index (χ0n) is 8.58. The lowest BCUT2D eigenvalue weighted by molar-refractivity contribution is -0.125. The van der Waals surface area contributed by atoms with Crippen molar-refractivity contribution in [3.8, 4) is 0 Å². The fourth-order valence-electron chi connectivity index (χ4n) is 0.828. The second-order valence-electron chi connectivity index (χ2n) is 2.83. The molecule has 0 aliphatic rings. The van der Waals surface area contributed by atoms with Gasteiger partial charge in [-0.05, 0) is 0 Å². The third-order valence-corrected chi connectivity index (χ3v) is 1.85. The van der Waals surface area contributed by atoms with E-state index in [-0.39, 0.29) is 42.7 Å². The molecule has 0 heterocycles. The molecule has 0 bridgehead atoms. The molecule has 0 aromatic carbocycles. The maximum absolute atomic E-state index is 11.1. The smallest absolute Gasteiger partial charge is 0.242 e. The molecule has 0 saturated carbocycles. The van der Waals surface area contributed by atoms with Gasteiger partial charge in [0.25, 0.3) is 0 Å². The van der Waals surface area contributed by atoms with E-state index < -0.39 is 0 Å². The summed E-state index contributed by atoms with van der Waals surface area (Å²) in [5.74, 6) is -0.612. The summed E-state index contributed by atoms with van der Waals surface area (Å²) in [4.78, 5) is 32.8. The van der Waals surface area contributed by atoms with Gasteiger partial charge in [-0.15, -0.1) is 0 Å². The van der Waals surface area contributed by atoms with Gasteiger partial charge in [-0.2, -0.15) is 12.6 Å². The molecule has 0 aliphatic heterocycles. The zero-order valence-corrected chi connectivity index (χ0v) is 9.47. The Morgan fingerprint density at radius 2 is 1.87 bits per heavy atom. The summed E-state index contributed by atoms with van der Waals surface area (Å²) in [7, 11) is 1.51. The SMILES string of the molecule is C[B]NC(=O)CCC(=O)CNC(=O)CS. The minimum absolute atomic E-state index is 0.0392. The van der Waals surface area contributed by atoms with Crippen molar-refractivity contribution in [2.45, 2.75) is 19.7 Å².